The molecule has 0 radical (unpaired) electrons. The number of hydrogen-bond acceptors (Lipinski definition) is 3. The summed E-state index contributed by atoms with van der Waals surface area (Å²) in [5.74, 6) is 0.422. The van der Waals surface area contributed by atoms with Crippen molar-refractivity contribution in [3.8, 4) is 11.5 Å². The Kier molecular flexibility index (Phi) is 6.22. The Morgan fingerprint density at radius 3 is 2.58 bits per heavy atom. The molecule has 2 N–H and O–H groups in total. The Morgan fingerprint density at radius 1 is 1.42 bits per heavy atom. The van der Waals surface area contributed by atoms with E-state index < -0.39 is 0 Å². The molecule has 0 saturated heterocycles. The number of benzene rings is 1. The van der Waals surface area contributed by atoms with Crippen LogP contribution < -0.4 is 62.9 Å². The fourth-order valence-electron chi connectivity index (χ4n) is 0.775. The molecule has 1 aromatic rings. The summed E-state index contributed by atoms with van der Waals surface area (Å²) in [5, 5.41) is 17.7. The SMILES string of the molecule is COc1cc([CH-]O)ccc1O.[Rb+]. The van der Waals surface area contributed by atoms with E-state index in [9.17, 15) is 0 Å². The van der Waals surface area contributed by atoms with E-state index in [1.807, 2.05) is 0 Å². The van der Waals surface area contributed by atoms with Crippen LogP contribution in [0.25, 0.3) is 0 Å². The van der Waals surface area contributed by atoms with Gasteiger partial charge in [0.05, 0.1) is 7.11 Å². The van der Waals surface area contributed by atoms with E-state index in [4.69, 9.17) is 14.9 Å². The molecule has 60 valence electrons. The molecule has 12 heavy (non-hydrogen) atoms. The van der Waals surface area contributed by atoms with Gasteiger partial charge in [0.25, 0.3) is 0 Å². The van der Waals surface area contributed by atoms with Gasteiger partial charge < -0.3 is 14.9 Å². The molecular weight excluding hydrogens is 230 g/mol. The molecule has 0 bridgehead atoms. The number of aliphatic hydroxyl groups is 1. The molecule has 0 aliphatic heterocycles. The van der Waals surface area contributed by atoms with Crippen LogP contribution in [0.2, 0.25) is 0 Å². The van der Waals surface area contributed by atoms with Gasteiger partial charge in [-0.05, 0) is 0 Å². The first kappa shape index (κ1) is 12.5. The van der Waals surface area contributed by atoms with Crippen molar-refractivity contribution in [3.63, 3.8) is 0 Å². The molecule has 0 amide bonds. The second-order valence-corrected chi connectivity index (χ2v) is 2.06. The van der Waals surface area contributed by atoms with Gasteiger partial charge in [0.2, 0.25) is 0 Å². The Morgan fingerprint density at radius 2 is 2.08 bits per heavy atom. The molecule has 0 saturated carbocycles. The zero-order chi connectivity index (χ0) is 8.27. The minimum Gasteiger partial charge on any atom is -0.506 e. The number of ether oxygens (including phenoxy) is 1. The molecule has 0 heterocycles. The van der Waals surface area contributed by atoms with Crippen LogP contribution in [0.15, 0.2) is 18.2 Å². The monoisotopic (exact) mass is 238 g/mol. The van der Waals surface area contributed by atoms with Gasteiger partial charge in [0, 0.05) is 0 Å². The smallest absolute Gasteiger partial charge is 0.506 e. The summed E-state index contributed by atoms with van der Waals surface area (Å²) < 4.78 is 4.81. The van der Waals surface area contributed by atoms with Gasteiger partial charge in [0.1, 0.15) is 11.5 Å². The summed E-state index contributed by atoms with van der Waals surface area (Å²) in [7, 11) is 1.45. The van der Waals surface area contributed by atoms with Gasteiger partial charge in [-0.1, -0.05) is 12.7 Å². The van der Waals surface area contributed by atoms with E-state index in [-0.39, 0.29) is 63.9 Å². The van der Waals surface area contributed by atoms with E-state index in [2.05, 4.69) is 0 Å². The fourth-order valence-corrected chi connectivity index (χ4v) is 0.775. The second-order valence-electron chi connectivity index (χ2n) is 2.06. The fraction of sp³-hybridized carbons (Fsp3) is 0.125. The number of phenols is 1. The van der Waals surface area contributed by atoms with Crippen LogP contribution in [-0.4, -0.2) is 17.3 Å². The van der Waals surface area contributed by atoms with Crippen LogP contribution in [0, 0.1) is 6.61 Å². The summed E-state index contributed by atoms with van der Waals surface area (Å²) in [4.78, 5) is 0. The van der Waals surface area contributed by atoms with Crippen molar-refractivity contribution in [3.05, 3.63) is 30.4 Å². The van der Waals surface area contributed by atoms with E-state index >= 15 is 0 Å². The van der Waals surface area contributed by atoms with Crippen molar-refractivity contribution in [1.82, 2.24) is 0 Å². The third-order valence-corrected chi connectivity index (χ3v) is 1.35. The third kappa shape index (κ3) is 3.07. The van der Waals surface area contributed by atoms with Crippen molar-refractivity contribution >= 4 is 0 Å². The van der Waals surface area contributed by atoms with Gasteiger partial charge in [-0.15, -0.1) is 6.07 Å². The maximum Gasteiger partial charge on any atom is 1.00 e. The number of phenolic OH excluding ortho intramolecular Hbond substituents is 1. The molecule has 0 fully saturated rings. The van der Waals surface area contributed by atoms with E-state index in [1.165, 1.54) is 19.2 Å². The average molecular weight is 239 g/mol. The predicted octanol–water partition coefficient (Wildman–Crippen LogP) is -1.71. The van der Waals surface area contributed by atoms with Gasteiger partial charge in [0.15, 0.2) is 0 Å². The second kappa shape index (κ2) is 5.99. The summed E-state index contributed by atoms with van der Waals surface area (Å²) in [6, 6.07) is 4.58. The molecule has 4 heteroatoms. The van der Waals surface area contributed by atoms with Crippen LogP contribution >= 0.6 is 0 Å². The van der Waals surface area contributed by atoms with Crippen molar-refractivity contribution in [2.45, 2.75) is 0 Å². The van der Waals surface area contributed by atoms with Crippen molar-refractivity contribution in [2.75, 3.05) is 7.11 Å². The average Bonchev–Trinajstić information content (AvgIpc) is 2.05. The molecule has 1 rings (SSSR count). The molecule has 0 aliphatic carbocycles. The van der Waals surface area contributed by atoms with Crippen molar-refractivity contribution in [1.29, 1.82) is 0 Å². The van der Waals surface area contributed by atoms with E-state index in [1.54, 1.807) is 6.07 Å². The van der Waals surface area contributed by atoms with Gasteiger partial charge >= 0.3 is 58.2 Å². The first-order chi connectivity index (χ1) is 5.27. The van der Waals surface area contributed by atoms with Gasteiger partial charge in [-0.25, -0.2) is 0 Å². The number of aliphatic hydroxyl groups excluding tert-OH is 1. The molecular formula is C8H9O3Rb. The maximum absolute atomic E-state index is 9.11. The largest absolute Gasteiger partial charge is 1.00 e. The number of methoxy groups -OCH3 is 1. The summed E-state index contributed by atoms with van der Waals surface area (Å²) in [5.41, 5.74) is 0.597. The zero-order valence-corrected chi connectivity index (χ0v) is 12.0. The van der Waals surface area contributed by atoms with Gasteiger partial charge in [-0.2, -0.15) is 11.6 Å². The first-order valence-electron chi connectivity index (χ1n) is 3.12. The Bertz CT molecular complexity index is 250. The van der Waals surface area contributed by atoms with E-state index in [0.717, 1.165) is 6.61 Å². The molecule has 0 atom stereocenters. The molecule has 1 aromatic carbocycles. The standard InChI is InChI=1S/C8H9O3.Rb/c1-11-8-4-6(5-9)2-3-7(8)10;/h2-5,9-10H,1H3;/q-1;+1. The van der Waals surface area contributed by atoms with Crippen LogP contribution in [0.5, 0.6) is 11.5 Å². The van der Waals surface area contributed by atoms with Gasteiger partial charge in [-0.3, -0.25) is 0 Å². The number of hydrogen-bond donors (Lipinski definition) is 2. The first-order valence-corrected chi connectivity index (χ1v) is 3.12. The van der Waals surface area contributed by atoms with Crippen LogP contribution in [0.4, 0.5) is 0 Å². The van der Waals surface area contributed by atoms with Crippen molar-refractivity contribution in [2.24, 2.45) is 0 Å². The Labute approximate surface area is 120 Å². The van der Waals surface area contributed by atoms with Crippen molar-refractivity contribution < 1.29 is 73.1 Å². The maximum atomic E-state index is 9.11. The summed E-state index contributed by atoms with van der Waals surface area (Å²) in [6.07, 6.45) is 0. The molecule has 0 aliphatic rings. The Balaban J connectivity index is 0.00000121. The Hall–Kier alpha value is 0.455. The zero-order valence-electron chi connectivity index (χ0n) is 7.11. The minimum atomic E-state index is 0. The summed E-state index contributed by atoms with van der Waals surface area (Å²) in [6.45, 7) is 0.946. The third-order valence-electron chi connectivity index (χ3n) is 1.35. The molecule has 3 nitrogen and oxygen atoms in total. The number of aromatic hydroxyl groups is 1. The minimum absolute atomic E-state index is 0. The quantitative estimate of drug-likeness (QED) is 0.603. The molecule has 0 unspecified atom stereocenters. The molecule has 0 spiro atoms. The van der Waals surface area contributed by atoms with Crippen LogP contribution in [0.1, 0.15) is 5.56 Å². The number of rotatable bonds is 2. The van der Waals surface area contributed by atoms with Crippen LogP contribution in [0.3, 0.4) is 0 Å². The summed E-state index contributed by atoms with van der Waals surface area (Å²) >= 11 is 0. The normalized spacial score (nSPS) is 8.50. The predicted molar refractivity (Wildman–Crippen MR) is 40.0 cm³/mol. The van der Waals surface area contributed by atoms with Crippen LogP contribution in [-0.2, 0) is 0 Å². The van der Waals surface area contributed by atoms with E-state index in [0.29, 0.717) is 11.3 Å². The topological polar surface area (TPSA) is 49.7 Å². The molecule has 0 aromatic heterocycles.